The molecule has 3 aromatic heterocycles. The fourth-order valence-corrected chi connectivity index (χ4v) is 5.84. The molecule has 1 aliphatic rings. The Hall–Kier alpha value is -1.57. The van der Waals surface area contributed by atoms with Crippen LogP contribution >= 0.6 is 22.7 Å². The summed E-state index contributed by atoms with van der Waals surface area (Å²) in [6.45, 7) is 4.22. The SMILES string of the molecule is Cc1cc2c(s1)CCc1sccc1C2(C[C@H](C)N)c1nn[nH]n1. The standard InChI is InChI=1S/C16H19N5S2/c1-9(17)8-16(15-18-20-21-19-15)11-5-6-22-13(11)3-4-14-12(16)7-10(2)23-14/h5-7,9H,3-4,8,17H2,1-2H3,(H,18,19,20,21)/t9-,16?/m0/s1. The lowest BCUT2D eigenvalue weighted by Crippen LogP contribution is -2.37. The fraction of sp³-hybridized carbons (Fsp3) is 0.438. The van der Waals surface area contributed by atoms with Gasteiger partial charge in [0, 0.05) is 20.7 Å². The highest BCUT2D eigenvalue weighted by atomic mass is 32.1. The van der Waals surface area contributed by atoms with Crippen LogP contribution in [0.3, 0.4) is 0 Å². The Morgan fingerprint density at radius 1 is 1.35 bits per heavy atom. The molecule has 1 unspecified atom stereocenters. The van der Waals surface area contributed by atoms with E-state index in [2.05, 4.69) is 52.0 Å². The lowest BCUT2D eigenvalue weighted by Gasteiger charge is -2.32. The third-order valence-electron chi connectivity index (χ3n) is 4.53. The van der Waals surface area contributed by atoms with Crippen LogP contribution < -0.4 is 5.73 Å². The first kappa shape index (κ1) is 15.0. The molecule has 0 saturated heterocycles. The van der Waals surface area contributed by atoms with Gasteiger partial charge in [0.05, 0.1) is 5.41 Å². The Morgan fingerprint density at radius 3 is 2.91 bits per heavy atom. The van der Waals surface area contributed by atoms with Crippen LogP contribution in [0.5, 0.6) is 0 Å². The number of nitrogens with two attached hydrogens (primary N) is 1. The predicted octanol–water partition coefficient (Wildman–Crippen LogP) is 2.80. The molecule has 0 bridgehead atoms. The maximum Gasteiger partial charge on any atom is 0.189 e. The molecule has 3 N–H and O–H groups in total. The van der Waals surface area contributed by atoms with Gasteiger partial charge in [0.15, 0.2) is 5.82 Å². The Bertz CT molecular complexity index is 818. The summed E-state index contributed by atoms with van der Waals surface area (Å²) in [4.78, 5) is 4.17. The van der Waals surface area contributed by atoms with Crippen molar-refractivity contribution in [1.29, 1.82) is 0 Å². The van der Waals surface area contributed by atoms with Gasteiger partial charge in [-0.1, -0.05) is 5.21 Å². The number of aryl methyl sites for hydroxylation is 3. The number of nitrogens with zero attached hydrogens (tertiary/aromatic N) is 3. The maximum absolute atomic E-state index is 6.28. The van der Waals surface area contributed by atoms with Gasteiger partial charge in [-0.25, -0.2) is 0 Å². The number of tetrazole rings is 1. The predicted molar refractivity (Wildman–Crippen MR) is 93.1 cm³/mol. The minimum absolute atomic E-state index is 0.0346. The molecule has 0 aromatic carbocycles. The minimum Gasteiger partial charge on any atom is -0.328 e. The molecular formula is C16H19N5S2. The van der Waals surface area contributed by atoms with Gasteiger partial charge in [-0.2, -0.15) is 5.21 Å². The molecule has 0 amide bonds. The summed E-state index contributed by atoms with van der Waals surface area (Å²) >= 11 is 3.70. The van der Waals surface area contributed by atoms with Crippen molar-refractivity contribution in [2.75, 3.05) is 0 Å². The largest absolute Gasteiger partial charge is 0.328 e. The fourth-order valence-electron chi connectivity index (χ4n) is 3.77. The summed E-state index contributed by atoms with van der Waals surface area (Å²) in [5.74, 6) is 0.732. The number of rotatable bonds is 3. The van der Waals surface area contributed by atoms with Gasteiger partial charge in [0.1, 0.15) is 0 Å². The van der Waals surface area contributed by atoms with E-state index in [4.69, 9.17) is 5.73 Å². The summed E-state index contributed by atoms with van der Waals surface area (Å²) in [7, 11) is 0. The molecule has 0 fully saturated rings. The topological polar surface area (TPSA) is 80.5 Å². The van der Waals surface area contributed by atoms with Gasteiger partial charge in [0.2, 0.25) is 0 Å². The van der Waals surface area contributed by atoms with E-state index in [1.165, 1.54) is 25.8 Å². The average molecular weight is 345 g/mol. The highest BCUT2D eigenvalue weighted by molar-refractivity contribution is 7.12. The molecule has 0 saturated carbocycles. The van der Waals surface area contributed by atoms with E-state index >= 15 is 0 Å². The van der Waals surface area contributed by atoms with Gasteiger partial charge >= 0.3 is 0 Å². The monoisotopic (exact) mass is 345 g/mol. The van der Waals surface area contributed by atoms with E-state index in [0.717, 1.165) is 25.1 Å². The molecule has 0 radical (unpaired) electrons. The lowest BCUT2D eigenvalue weighted by atomic mass is 9.70. The van der Waals surface area contributed by atoms with E-state index in [1.807, 2.05) is 22.7 Å². The highest BCUT2D eigenvalue weighted by Gasteiger charge is 2.46. The van der Waals surface area contributed by atoms with Crippen molar-refractivity contribution in [1.82, 2.24) is 20.6 Å². The van der Waals surface area contributed by atoms with E-state index < -0.39 is 5.41 Å². The quantitative estimate of drug-likeness (QED) is 0.765. The molecule has 4 rings (SSSR count). The van der Waals surface area contributed by atoms with Crippen LogP contribution in [0.25, 0.3) is 0 Å². The average Bonchev–Trinajstić information content (AvgIpc) is 3.23. The summed E-state index contributed by atoms with van der Waals surface area (Å²) in [6, 6.07) is 4.55. The number of fused-ring (bicyclic) bond motifs is 2. The second kappa shape index (κ2) is 5.51. The van der Waals surface area contributed by atoms with Crippen molar-refractivity contribution in [2.45, 2.75) is 44.6 Å². The van der Waals surface area contributed by atoms with Crippen LogP contribution in [0.2, 0.25) is 0 Å². The van der Waals surface area contributed by atoms with Gasteiger partial charge in [0.25, 0.3) is 0 Å². The minimum atomic E-state index is -0.396. The summed E-state index contributed by atoms with van der Waals surface area (Å²) in [5.41, 5.74) is 8.50. The van der Waals surface area contributed by atoms with Crippen LogP contribution in [0.4, 0.5) is 0 Å². The first-order chi connectivity index (χ1) is 11.1. The van der Waals surface area contributed by atoms with E-state index in [-0.39, 0.29) is 6.04 Å². The normalized spacial score (nSPS) is 21.5. The number of hydrogen-bond acceptors (Lipinski definition) is 6. The zero-order valence-electron chi connectivity index (χ0n) is 13.2. The van der Waals surface area contributed by atoms with Crippen molar-refractivity contribution < 1.29 is 0 Å². The van der Waals surface area contributed by atoms with E-state index in [0.29, 0.717) is 0 Å². The first-order valence-electron chi connectivity index (χ1n) is 7.77. The zero-order chi connectivity index (χ0) is 16.0. The number of H-pyrrole nitrogens is 1. The van der Waals surface area contributed by atoms with Crippen molar-refractivity contribution in [3.05, 3.63) is 49.1 Å². The molecule has 3 aromatic rings. The van der Waals surface area contributed by atoms with Crippen LogP contribution in [0.1, 0.15) is 44.9 Å². The highest BCUT2D eigenvalue weighted by Crippen LogP contribution is 2.49. The molecule has 120 valence electrons. The molecule has 5 nitrogen and oxygen atoms in total. The lowest BCUT2D eigenvalue weighted by molar-refractivity contribution is 0.478. The second-order valence-corrected chi connectivity index (χ2v) is 8.62. The molecule has 2 atom stereocenters. The Kier molecular flexibility index (Phi) is 3.59. The third-order valence-corrected chi connectivity index (χ3v) is 6.62. The summed E-state index contributed by atoms with van der Waals surface area (Å²) < 4.78 is 0. The molecule has 3 heterocycles. The van der Waals surface area contributed by atoms with Gasteiger partial charge in [-0.15, -0.1) is 32.9 Å². The van der Waals surface area contributed by atoms with Gasteiger partial charge in [-0.3, -0.25) is 0 Å². The Labute approximate surface area is 142 Å². The van der Waals surface area contributed by atoms with Crippen molar-refractivity contribution in [3.63, 3.8) is 0 Å². The Morgan fingerprint density at radius 2 is 2.17 bits per heavy atom. The molecule has 0 spiro atoms. The van der Waals surface area contributed by atoms with Crippen molar-refractivity contribution >= 4 is 22.7 Å². The number of aromatic amines is 1. The van der Waals surface area contributed by atoms with Gasteiger partial charge < -0.3 is 5.73 Å². The van der Waals surface area contributed by atoms with Gasteiger partial charge in [-0.05, 0) is 61.7 Å². The van der Waals surface area contributed by atoms with Crippen LogP contribution in [-0.2, 0) is 18.3 Å². The maximum atomic E-state index is 6.28. The van der Waals surface area contributed by atoms with E-state index in [9.17, 15) is 0 Å². The molecule has 1 aliphatic carbocycles. The molecular weight excluding hydrogens is 326 g/mol. The molecule has 0 aliphatic heterocycles. The zero-order valence-corrected chi connectivity index (χ0v) is 14.8. The number of aromatic nitrogens is 4. The van der Waals surface area contributed by atoms with Crippen molar-refractivity contribution in [3.8, 4) is 0 Å². The number of hydrogen-bond donors (Lipinski definition) is 2. The smallest absolute Gasteiger partial charge is 0.189 e. The van der Waals surface area contributed by atoms with Crippen LogP contribution in [0.15, 0.2) is 17.5 Å². The number of thiophene rings is 2. The first-order valence-corrected chi connectivity index (χ1v) is 9.47. The van der Waals surface area contributed by atoms with Crippen molar-refractivity contribution in [2.24, 2.45) is 5.73 Å². The van der Waals surface area contributed by atoms with E-state index in [1.54, 1.807) is 0 Å². The van der Waals surface area contributed by atoms with Crippen LogP contribution in [0, 0.1) is 6.92 Å². The summed E-state index contributed by atoms with van der Waals surface area (Å²) in [5, 5.41) is 17.5. The summed E-state index contributed by atoms with van der Waals surface area (Å²) in [6.07, 6.45) is 2.91. The molecule has 23 heavy (non-hydrogen) atoms. The second-order valence-electron chi connectivity index (χ2n) is 6.27. The third kappa shape index (κ3) is 2.26. The number of nitrogens with one attached hydrogen (secondary N) is 1. The molecule has 7 heteroatoms. The Balaban J connectivity index is 2.07. The van der Waals surface area contributed by atoms with Crippen LogP contribution in [-0.4, -0.2) is 26.7 Å².